The normalized spacial score (nSPS) is 36.5. The van der Waals surface area contributed by atoms with Crippen LogP contribution >= 0.6 is 11.6 Å². The Morgan fingerprint density at radius 1 is 1.08 bits per heavy atom. The molecule has 2 unspecified atom stereocenters. The summed E-state index contributed by atoms with van der Waals surface area (Å²) in [5.74, 6) is 1.92. The fraction of sp³-hybridized carbons (Fsp3) is 0.500. The van der Waals surface area contributed by atoms with Crippen molar-refractivity contribution in [2.45, 2.75) is 43.4 Å². The van der Waals surface area contributed by atoms with Crippen molar-refractivity contribution in [3.63, 3.8) is 0 Å². The van der Waals surface area contributed by atoms with Gasteiger partial charge in [-0.05, 0) is 72.6 Å². The summed E-state index contributed by atoms with van der Waals surface area (Å²) in [6.45, 7) is 0.844. The van der Waals surface area contributed by atoms with Gasteiger partial charge in [-0.2, -0.15) is 0 Å². The molecule has 2 nitrogen and oxygen atoms in total. The van der Waals surface area contributed by atoms with E-state index in [-0.39, 0.29) is 4.87 Å². The van der Waals surface area contributed by atoms with Crippen LogP contribution in [-0.2, 0) is 0 Å². The minimum atomic E-state index is 0.0428. The van der Waals surface area contributed by atoms with Crippen LogP contribution < -0.4 is 0 Å². The SMILES string of the molecule is Oc1ccc2ccccc2c1C=NCC12CC3CC(CC(Cl)(C3)C1)C2. The van der Waals surface area contributed by atoms with Crippen LogP contribution in [0.15, 0.2) is 41.4 Å². The van der Waals surface area contributed by atoms with E-state index < -0.39 is 0 Å². The van der Waals surface area contributed by atoms with Gasteiger partial charge in [0.2, 0.25) is 0 Å². The number of fused-ring (bicyclic) bond motifs is 1. The molecule has 4 aliphatic rings. The molecule has 0 spiro atoms. The standard InChI is InChI=1S/C22H24ClNO/c23-22-10-15-7-16(11-22)9-21(8-15,13-22)14-24-12-19-18-4-2-1-3-17(18)5-6-20(19)25/h1-6,12,15-16,25H,7-11,13-14H2. The molecule has 2 atom stereocenters. The Labute approximate surface area is 153 Å². The predicted octanol–water partition coefficient (Wildman–Crippen LogP) is 5.54. The molecule has 3 heteroatoms. The average molecular weight is 354 g/mol. The van der Waals surface area contributed by atoms with Gasteiger partial charge in [-0.25, -0.2) is 0 Å². The van der Waals surface area contributed by atoms with Gasteiger partial charge in [0.25, 0.3) is 0 Å². The van der Waals surface area contributed by atoms with E-state index in [1.807, 2.05) is 24.4 Å². The summed E-state index contributed by atoms with van der Waals surface area (Å²) in [4.78, 5) is 4.87. The molecule has 2 aromatic rings. The molecule has 25 heavy (non-hydrogen) atoms. The highest BCUT2D eigenvalue weighted by atomic mass is 35.5. The number of hydrogen-bond donors (Lipinski definition) is 1. The van der Waals surface area contributed by atoms with Crippen molar-refractivity contribution in [3.05, 3.63) is 42.0 Å². The van der Waals surface area contributed by atoms with Crippen LogP contribution in [0.2, 0.25) is 0 Å². The van der Waals surface area contributed by atoms with Gasteiger partial charge in [-0.15, -0.1) is 11.6 Å². The van der Waals surface area contributed by atoms with E-state index >= 15 is 0 Å². The van der Waals surface area contributed by atoms with E-state index in [2.05, 4.69) is 12.1 Å². The lowest BCUT2D eigenvalue weighted by molar-refractivity contribution is -0.0336. The molecule has 0 radical (unpaired) electrons. The summed E-state index contributed by atoms with van der Waals surface area (Å²) in [7, 11) is 0. The van der Waals surface area contributed by atoms with Crippen LogP contribution in [0.5, 0.6) is 5.75 Å². The summed E-state index contributed by atoms with van der Waals surface area (Å²) < 4.78 is 0. The Morgan fingerprint density at radius 2 is 1.84 bits per heavy atom. The average Bonchev–Trinajstić information content (AvgIpc) is 2.54. The molecule has 4 aliphatic carbocycles. The van der Waals surface area contributed by atoms with Gasteiger partial charge in [0, 0.05) is 23.2 Å². The molecule has 0 amide bonds. The van der Waals surface area contributed by atoms with Gasteiger partial charge < -0.3 is 5.11 Å². The first-order valence-corrected chi connectivity index (χ1v) is 9.82. The molecular formula is C22H24ClNO. The minimum absolute atomic E-state index is 0.0428. The molecule has 2 aromatic carbocycles. The first kappa shape index (κ1) is 15.7. The van der Waals surface area contributed by atoms with Crippen LogP contribution in [0, 0.1) is 17.3 Å². The van der Waals surface area contributed by atoms with E-state index in [1.54, 1.807) is 6.07 Å². The largest absolute Gasteiger partial charge is 0.507 e. The van der Waals surface area contributed by atoms with Crippen LogP contribution in [0.25, 0.3) is 10.8 Å². The minimum Gasteiger partial charge on any atom is -0.507 e. The summed E-state index contributed by atoms with van der Waals surface area (Å²) >= 11 is 6.93. The van der Waals surface area contributed by atoms with Gasteiger partial charge in [0.15, 0.2) is 0 Å². The molecule has 0 aromatic heterocycles. The summed E-state index contributed by atoms with van der Waals surface area (Å²) in [6.07, 6.45) is 9.38. The second-order valence-electron chi connectivity index (χ2n) is 8.80. The van der Waals surface area contributed by atoms with Crippen LogP contribution in [-0.4, -0.2) is 22.7 Å². The first-order chi connectivity index (χ1) is 12.0. The monoisotopic (exact) mass is 353 g/mol. The third-order valence-electron chi connectivity index (χ3n) is 6.71. The summed E-state index contributed by atoms with van der Waals surface area (Å²) in [5, 5.41) is 12.5. The van der Waals surface area contributed by atoms with Crippen molar-refractivity contribution >= 4 is 28.6 Å². The molecule has 4 saturated carbocycles. The Kier molecular flexibility index (Phi) is 3.44. The number of phenols is 1. The number of aliphatic imine (C=N–C) groups is 1. The van der Waals surface area contributed by atoms with Gasteiger partial charge >= 0.3 is 0 Å². The van der Waals surface area contributed by atoms with Crippen molar-refractivity contribution in [2.24, 2.45) is 22.2 Å². The Balaban J connectivity index is 1.43. The molecule has 6 rings (SSSR count). The van der Waals surface area contributed by atoms with Crippen LogP contribution in [0.1, 0.15) is 44.1 Å². The molecule has 4 fully saturated rings. The second kappa shape index (κ2) is 5.48. The van der Waals surface area contributed by atoms with Crippen LogP contribution in [0.4, 0.5) is 0 Å². The molecular weight excluding hydrogens is 330 g/mol. The van der Waals surface area contributed by atoms with E-state index in [1.165, 1.54) is 32.1 Å². The maximum absolute atomic E-state index is 10.3. The zero-order valence-electron chi connectivity index (χ0n) is 14.4. The first-order valence-electron chi connectivity index (χ1n) is 9.44. The van der Waals surface area contributed by atoms with Gasteiger partial charge in [-0.3, -0.25) is 4.99 Å². The van der Waals surface area contributed by atoms with E-state index in [0.29, 0.717) is 11.2 Å². The molecule has 1 N–H and O–H groups in total. The van der Waals surface area contributed by atoms with E-state index in [4.69, 9.17) is 16.6 Å². The van der Waals surface area contributed by atoms with Crippen molar-refractivity contribution < 1.29 is 5.11 Å². The van der Waals surface area contributed by atoms with Crippen molar-refractivity contribution in [1.29, 1.82) is 0 Å². The highest BCUT2D eigenvalue weighted by Gasteiger charge is 2.56. The number of aromatic hydroxyl groups is 1. The number of phenolic OH excluding ortho intramolecular Hbond substituents is 1. The van der Waals surface area contributed by atoms with Gasteiger partial charge in [0.1, 0.15) is 5.75 Å². The smallest absolute Gasteiger partial charge is 0.124 e. The number of nitrogens with zero attached hydrogens (tertiary/aromatic N) is 1. The highest BCUT2D eigenvalue weighted by Crippen LogP contribution is 2.63. The van der Waals surface area contributed by atoms with E-state index in [0.717, 1.165) is 41.1 Å². The number of alkyl halides is 1. The summed E-state index contributed by atoms with van der Waals surface area (Å²) in [5.41, 5.74) is 1.13. The third kappa shape index (κ3) is 2.66. The van der Waals surface area contributed by atoms with E-state index in [9.17, 15) is 5.11 Å². The number of hydrogen-bond acceptors (Lipinski definition) is 2. The topological polar surface area (TPSA) is 32.6 Å². The van der Waals surface area contributed by atoms with Gasteiger partial charge in [0.05, 0.1) is 0 Å². The molecule has 0 aliphatic heterocycles. The lowest BCUT2D eigenvalue weighted by Crippen LogP contribution is -2.54. The fourth-order valence-electron chi connectivity index (χ4n) is 6.27. The predicted molar refractivity (Wildman–Crippen MR) is 104 cm³/mol. The zero-order chi connectivity index (χ0) is 17.1. The number of rotatable bonds is 3. The fourth-order valence-corrected chi connectivity index (χ4v) is 6.99. The molecule has 0 saturated heterocycles. The second-order valence-corrected chi connectivity index (χ2v) is 9.60. The lowest BCUT2D eigenvalue weighted by atomic mass is 9.49. The lowest BCUT2D eigenvalue weighted by Gasteiger charge is -2.59. The van der Waals surface area contributed by atoms with Crippen molar-refractivity contribution in [2.75, 3.05) is 6.54 Å². The quantitative estimate of drug-likeness (QED) is 0.570. The Morgan fingerprint density at radius 3 is 2.60 bits per heavy atom. The summed E-state index contributed by atoms with van der Waals surface area (Å²) in [6, 6.07) is 11.9. The maximum Gasteiger partial charge on any atom is 0.124 e. The van der Waals surface area contributed by atoms with Gasteiger partial charge in [-0.1, -0.05) is 30.3 Å². The molecule has 130 valence electrons. The van der Waals surface area contributed by atoms with Crippen LogP contribution in [0.3, 0.4) is 0 Å². The zero-order valence-corrected chi connectivity index (χ0v) is 15.2. The van der Waals surface area contributed by atoms with Crippen molar-refractivity contribution in [1.82, 2.24) is 0 Å². The molecule has 4 bridgehead atoms. The Bertz CT molecular complexity index is 844. The number of benzene rings is 2. The molecule has 0 heterocycles. The number of halogens is 1. The Hall–Kier alpha value is -1.54. The maximum atomic E-state index is 10.3. The highest BCUT2D eigenvalue weighted by molar-refractivity contribution is 6.24. The van der Waals surface area contributed by atoms with Crippen molar-refractivity contribution in [3.8, 4) is 5.75 Å². The third-order valence-corrected chi connectivity index (χ3v) is 7.15.